The zero-order valence-electron chi connectivity index (χ0n) is 10.5. The van der Waals surface area contributed by atoms with Crippen LogP contribution in [0.2, 0.25) is 0 Å². The van der Waals surface area contributed by atoms with E-state index in [-0.39, 0.29) is 5.91 Å². The number of carbonyl (C=O) groups is 1. The van der Waals surface area contributed by atoms with Crippen molar-refractivity contribution in [2.45, 2.75) is 13.3 Å². The first-order valence-corrected chi connectivity index (χ1v) is 6.72. The van der Waals surface area contributed by atoms with Gasteiger partial charge in [-0.2, -0.15) is 5.26 Å². The molecule has 1 amide bonds. The van der Waals surface area contributed by atoms with Gasteiger partial charge < -0.3 is 5.32 Å². The molecule has 0 bridgehead atoms. The summed E-state index contributed by atoms with van der Waals surface area (Å²) in [6.07, 6.45) is 2.11. The molecule has 0 aliphatic rings. The second-order valence-corrected chi connectivity index (χ2v) is 5.21. The van der Waals surface area contributed by atoms with Gasteiger partial charge in [-0.25, -0.2) is 4.98 Å². The number of thiophene rings is 1. The molecule has 1 atom stereocenters. The first-order chi connectivity index (χ1) is 9.19. The third kappa shape index (κ3) is 3.63. The molecule has 0 aliphatic carbocycles. The Balaban J connectivity index is 2.01. The summed E-state index contributed by atoms with van der Waals surface area (Å²) in [6, 6.07) is 9.47. The number of amides is 1. The predicted octanol–water partition coefficient (Wildman–Crippen LogP) is 2.77. The Labute approximate surface area is 115 Å². The molecule has 0 saturated carbocycles. The molecule has 4 nitrogen and oxygen atoms in total. The van der Waals surface area contributed by atoms with Gasteiger partial charge in [0.1, 0.15) is 11.7 Å². The van der Waals surface area contributed by atoms with Gasteiger partial charge in [0, 0.05) is 17.5 Å². The van der Waals surface area contributed by atoms with Crippen LogP contribution in [0.3, 0.4) is 0 Å². The third-order valence-electron chi connectivity index (χ3n) is 2.62. The van der Waals surface area contributed by atoms with Gasteiger partial charge in [0.05, 0.1) is 6.07 Å². The van der Waals surface area contributed by atoms with Crippen molar-refractivity contribution in [1.82, 2.24) is 4.98 Å². The highest BCUT2D eigenvalue weighted by molar-refractivity contribution is 7.09. The number of aryl methyl sites for hydroxylation is 1. The van der Waals surface area contributed by atoms with E-state index in [1.165, 1.54) is 0 Å². The summed E-state index contributed by atoms with van der Waals surface area (Å²) in [5.41, 5.74) is 1.02. The fourth-order valence-corrected chi connectivity index (χ4v) is 2.33. The number of nitrogens with zero attached hydrogens (tertiary/aromatic N) is 2. The monoisotopic (exact) mass is 271 g/mol. The molecule has 0 saturated heterocycles. The molecule has 2 aromatic heterocycles. The Kier molecular flexibility index (Phi) is 4.26. The fraction of sp³-hybridized carbons (Fsp3) is 0.214. The number of pyridine rings is 1. The van der Waals surface area contributed by atoms with E-state index < -0.39 is 5.92 Å². The molecular weight excluding hydrogens is 258 g/mol. The number of hydrogen-bond donors (Lipinski definition) is 1. The number of nitriles is 1. The van der Waals surface area contributed by atoms with Crippen LogP contribution >= 0.6 is 11.3 Å². The van der Waals surface area contributed by atoms with E-state index >= 15 is 0 Å². The van der Waals surface area contributed by atoms with Crippen molar-refractivity contribution < 1.29 is 4.79 Å². The van der Waals surface area contributed by atoms with Gasteiger partial charge in [0.15, 0.2) is 0 Å². The highest BCUT2D eigenvalue weighted by Gasteiger charge is 2.19. The molecule has 0 spiro atoms. The highest BCUT2D eigenvalue weighted by atomic mass is 32.1. The van der Waals surface area contributed by atoms with Gasteiger partial charge >= 0.3 is 0 Å². The van der Waals surface area contributed by atoms with Gasteiger partial charge in [0.25, 0.3) is 0 Å². The van der Waals surface area contributed by atoms with Crippen LogP contribution in [0.1, 0.15) is 10.4 Å². The van der Waals surface area contributed by atoms with Gasteiger partial charge in [-0.1, -0.05) is 12.1 Å². The lowest BCUT2D eigenvalue weighted by atomic mass is 10.1. The van der Waals surface area contributed by atoms with E-state index in [0.29, 0.717) is 12.2 Å². The number of nitrogens with one attached hydrogen (secondary N) is 1. The molecule has 1 unspecified atom stereocenters. The summed E-state index contributed by atoms with van der Waals surface area (Å²) >= 11 is 1.55. The van der Waals surface area contributed by atoms with Gasteiger partial charge in [-0.15, -0.1) is 11.3 Å². The zero-order chi connectivity index (χ0) is 13.7. The van der Waals surface area contributed by atoms with Crippen molar-refractivity contribution in [3.8, 4) is 6.07 Å². The quantitative estimate of drug-likeness (QED) is 0.929. The Hall–Kier alpha value is -2.19. The standard InChI is InChI=1S/C14H13N3OS/c1-10-4-5-13(16-9-10)17-14(18)11(8-15)7-12-3-2-6-19-12/h2-6,9,11H,7H2,1H3,(H,16,17,18). The minimum Gasteiger partial charge on any atom is -0.310 e. The zero-order valence-corrected chi connectivity index (χ0v) is 11.3. The smallest absolute Gasteiger partial charge is 0.243 e. The minimum atomic E-state index is -0.693. The summed E-state index contributed by atoms with van der Waals surface area (Å²) in [4.78, 5) is 17.1. The molecule has 2 heterocycles. The highest BCUT2D eigenvalue weighted by Crippen LogP contribution is 2.15. The van der Waals surface area contributed by atoms with E-state index in [9.17, 15) is 4.79 Å². The Morgan fingerprint density at radius 2 is 2.37 bits per heavy atom. The lowest BCUT2D eigenvalue weighted by molar-refractivity contribution is -0.118. The van der Waals surface area contributed by atoms with Gasteiger partial charge in [0.2, 0.25) is 5.91 Å². The average Bonchev–Trinajstić information content (AvgIpc) is 2.91. The molecule has 1 N–H and O–H groups in total. The van der Waals surface area contributed by atoms with Crippen molar-refractivity contribution in [1.29, 1.82) is 5.26 Å². The molecule has 2 rings (SSSR count). The molecular formula is C14H13N3OS. The molecule has 2 aromatic rings. The second kappa shape index (κ2) is 6.12. The van der Waals surface area contributed by atoms with Gasteiger partial charge in [-0.05, 0) is 30.0 Å². The van der Waals surface area contributed by atoms with Crippen molar-refractivity contribution >= 4 is 23.1 Å². The lowest BCUT2D eigenvalue weighted by Crippen LogP contribution is -2.23. The third-order valence-corrected chi connectivity index (χ3v) is 3.52. The lowest BCUT2D eigenvalue weighted by Gasteiger charge is -2.08. The summed E-state index contributed by atoms with van der Waals surface area (Å²) in [6.45, 7) is 1.92. The van der Waals surface area contributed by atoms with Crippen molar-refractivity contribution in [2.24, 2.45) is 5.92 Å². The van der Waals surface area contributed by atoms with Crippen molar-refractivity contribution in [3.05, 3.63) is 46.3 Å². The first-order valence-electron chi connectivity index (χ1n) is 5.84. The number of aromatic nitrogens is 1. The van der Waals surface area contributed by atoms with Gasteiger partial charge in [-0.3, -0.25) is 4.79 Å². The maximum absolute atomic E-state index is 12.0. The van der Waals surface area contributed by atoms with Crippen LogP contribution in [0.4, 0.5) is 5.82 Å². The van der Waals surface area contributed by atoms with Crippen LogP contribution in [0.15, 0.2) is 35.8 Å². The number of hydrogen-bond acceptors (Lipinski definition) is 4. The molecule has 96 valence electrons. The fourth-order valence-electron chi connectivity index (χ4n) is 1.58. The molecule has 5 heteroatoms. The first kappa shape index (κ1) is 13.2. The largest absolute Gasteiger partial charge is 0.310 e. The van der Waals surface area contributed by atoms with Crippen LogP contribution in [-0.2, 0) is 11.2 Å². The second-order valence-electron chi connectivity index (χ2n) is 4.18. The van der Waals surface area contributed by atoms with E-state index in [4.69, 9.17) is 5.26 Å². The van der Waals surface area contributed by atoms with Crippen LogP contribution in [0, 0.1) is 24.2 Å². The SMILES string of the molecule is Cc1ccc(NC(=O)C(C#N)Cc2cccs2)nc1. The molecule has 0 fully saturated rings. The van der Waals surface area contributed by atoms with Crippen LogP contribution in [-0.4, -0.2) is 10.9 Å². The van der Waals surface area contributed by atoms with Crippen LogP contribution < -0.4 is 5.32 Å². The maximum Gasteiger partial charge on any atom is 0.243 e. The molecule has 19 heavy (non-hydrogen) atoms. The minimum absolute atomic E-state index is 0.313. The normalized spacial score (nSPS) is 11.6. The summed E-state index contributed by atoms with van der Waals surface area (Å²) in [7, 11) is 0. The number of anilines is 1. The maximum atomic E-state index is 12.0. The number of rotatable bonds is 4. The van der Waals surface area contributed by atoms with Crippen LogP contribution in [0.5, 0.6) is 0 Å². The van der Waals surface area contributed by atoms with E-state index in [1.54, 1.807) is 23.6 Å². The van der Waals surface area contributed by atoms with E-state index in [1.807, 2.05) is 36.6 Å². The summed E-state index contributed by atoms with van der Waals surface area (Å²) in [5, 5.41) is 13.7. The van der Waals surface area contributed by atoms with Crippen molar-refractivity contribution in [3.63, 3.8) is 0 Å². The Morgan fingerprint density at radius 1 is 1.53 bits per heavy atom. The topological polar surface area (TPSA) is 65.8 Å². The van der Waals surface area contributed by atoms with E-state index in [0.717, 1.165) is 10.4 Å². The predicted molar refractivity (Wildman–Crippen MR) is 74.7 cm³/mol. The summed E-state index contributed by atoms with van der Waals surface area (Å²) < 4.78 is 0. The summed E-state index contributed by atoms with van der Waals surface area (Å²) in [5.74, 6) is -0.531. The Morgan fingerprint density at radius 3 is 2.95 bits per heavy atom. The average molecular weight is 271 g/mol. The molecule has 0 radical (unpaired) electrons. The molecule has 0 aliphatic heterocycles. The van der Waals surface area contributed by atoms with Crippen LogP contribution in [0.25, 0.3) is 0 Å². The molecule has 0 aromatic carbocycles. The van der Waals surface area contributed by atoms with Crippen molar-refractivity contribution in [2.75, 3.05) is 5.32 Å². The number of carbonyl (C=O) groups excluding carboxylic acids is 1. The van der Waals surface area contributed by atoms with E-state index in [2.05, 4.69) is 10.3 Å². The Bertz CT molecular complexity index is 584.